The Morgan fingerprint density at radius 3 is 3.10 bits per heavy atom. The first-order valence-corrected chi connectivity index (χ1v) is 3.68. The average molecular weight is 156 g/mol. The smallest absolute Gasteiger partial charge is 0.279 e. The van der Waals surface area contributed by atoms with E-state index in [0.29, 0.717) is 11.7 Å². The second-order valence-corrected chi connectivity index (χ2v) is 2.37. The fourth-order valence-electron chi connectivity index (χ4n) is 0.524. The van der Waals surface area contributed by atoms with Crippen molar-refractivity contribution in [1.82, 2.24) is 10.2 Å². The largest absolute Gasteiger partial charge is 0.318 e. The Kier molecular flexibility index (Phi) is 2.33. The maximum Gasteiger partial charge on any atom is 0.318 e. The van der Waals surface area contributed by atoms with Crippen LogP contribution in [0.4, 0.5) is 5.13 Å². The van der Waals surface area contributed by atoms with Crippen molar-refractivity contribution in [3.63, 3.8) is 0 Å². The lowest BCUT2D eigenvalue weighted by Gasteiger charge is -2.05. The molecule has 0 fully saturated rings. The van der Waals surface area contributed by atoms with Crippen LogP contribution in [0.25, 0.3) is 0 Å². The van der Waals surface area contributed by atoms with Crippen molar-refractivity contribution in [1.29, 1.82) is 0 Å². The quantitative estimate of drug-likeness (QED) is 0.596. The number of aromatic nitrogens is 2. The van der Waals surface area contributed by atoms with Crippen molar-refractivity contribution in [2.45, 2.75) is 6.92 Å². The number of amides is 1. The van der Waals surface area contributed by atoms with E-state index >= 15 is 0 Å². The van der Waals surface area contributed by atoms with Crippen molar-refractivity contribution in [2.75, 3.05) is 11.4 Å². The molecule has 1 radical (unpaired) electrons. The van der Waals surface area contributed by atoms with Crippen molar-refractivity contribution in [3.05, 3.63) is 5.51 Å². The Morgan fingerprint density at radius 1 is 1.90 bits per heavy atom. The lowest BCUT2D eigenvalue weighted by atomic mass is 10.7. The van der Waals surface area contributed by atoms with Gasteiger partial charge in [0.05, 0.1) is 0 Å². The minimum Gasteiger partial charge on any atom is -0.279 e. The summed E-state index contributed by atoms with van der Waals surface area (Å²) in [5.74, 6) is 0. The van der Waals surface area contributed by atoms with E-state index in [1.807, 2.05) is 6.92 Å². The highest BCUT2D eigenvalue weighted by atomic mass is 32.1. The predicted octanol–water partition coefficient (Wildman–Crippen LogP) is 0.432. The molecule has 1 aromatic heterocycles. The standard InChI is InChI=1S/C5H6N3OS/c1-2-8(4-9)5-7-6-3-10-5/h3H,2H2,1H3. The van der Waals surface area contributed by atoms with Gasteiger partial charge in [0.1, 0.15) is 5.51 Å². The number of nitrogens with zero attached hydrogens (tertiary/aromatic N) is 3. The second kappa shape index (κ2) is 3.26. The molecule has 1 amide bonds. The van der Waals surface area contributed by atoms with E-state index in [4.69, 9.17) is 0 Å². The molecule has 1 rings (SSSR count). The third kappa shape index (κ3) is 1.30. The van der Waals surface area contributed by atoms with Crippen LogP contribution in [0.2, 0.25) is 0 Å². The molecule has 53 valence electrons. The molecular weight excluding hydrogens is 150 g/mol. The van der Waals surface area contributed by atoms with Gasteiger partial charge in [-0.15, -0.1) is 10.2 Å². The summed E-state index contributed by atoms with van der Waals surface area (Å²) < 4.78 is 0. The molecule has 4 nitrogen and oxygen atoms in total. The van der Waals surface area contributed by atoms with Crippen LogP contribution in [0.3, 0.4) is 0 Å². The summed E-state index contributed by atoms with van der Waals surface area (Å²) in [5, 5.41) is 7.87. The summed E-state index contributed by atoms with van der Waals surface area (Å²) in [7, 11) is 0. The second-order valence-electron chi connectivity index (χ2n) is 1.56. The van der Waals surface area contributed by atoms with E-state index in [2.05, 4.69) is 10.2 Å². The highest BCUT2D eigenvalue weighted by Crippen LogP contribution is 2.12. The van der Waals surface area contributed by atoms with Gasteiger partial charge in [-0.05, 0) is 6.92 Å². The Balaban J connectivity index is 2.73. The van der Waals surface area contributed by atoms with Crippen LogP contribution in [-0.4, -0.2) is 23.2 Å². The van der Waals surface area contributed by atoms with E-state index in [1.165, 1.54) is 16.2 Å². The molecular formula is C5H6N3OS. The summed E-state index contributed by atoms with van der Waals surface area (Å²) in [4.78, 5) is 11.5. The molecule has 0 aliphatic rings. The molecule has 10 heavy (non-hydrogen) atoms. The number of rotatable bonds is 3. The predicted molar refractivity (Wildman–Crippen MR) is 38.6 cm³/mol. The summed E-state index contributed by atoms with van der Waals surface area (Å²) in [5.41, 5.74) is 1.58. The van der Waals surface area contributed by atoms with Gasteiger partial charge < -0.3 is 0 Å². The molecule has 0 saturated heterocycles. The maximum atomic E-state index is 10.2. The highest BCUT2D eigenvalue weighted by molar-refractivity contribution is 7.13. The first-order valence-electron chi connectivity index (χ1n) is 2.80. The van der Waals surface area contributed by atoms with E-state index in [0.717, 1.165) is 0 Å². The van der Waals surface area contributed by atoms with Crippen LogP contribution in [0.1, 0.15) is 6.92 Å². The maximum absolute atomic E-state index is 10.2. The molecule has 0 N–H and O–H groups in total. The Hall–Kier alpha value is -0.970. The lowest BCUT2D eigenvalue weighted by molar-refractivity contribution is 0.552. The fourth-order valence-corrected chi connectivity index (χ4v) is 1.10. The number of hydrogen-bond acceptors (Lipinski definition) is 4. The Morgan fingerprint density at radius 2 is 2.70 bits per heavy atom. The van der Waals surface area contributed by atoms with Gasteiger partial charge in [-0.1, -0.05) is 11.3 Å². The molecule has 0 aliphatic carbocycles. The molecule has 0 bridgehead atoms. The van der Waals surface area contributed by atoms with Gasteiger partial charge in [-0.2, -0.15) is 0 Å². The zero-order chi connectivity index (χ0) is 7.40. The molecule has 0 unspecified atom stereocenters. The van der Waals surface area contributed by atoms with Gasteiger partial charge in [-0.3, -0.25) is 9.69 Å². The van der Waals surface area contributed by atoms with E-state index in [-0.39, 0.29) is 0 Å². The number of hydrogen-bond donors (Lipinski definition) is 0. The van der Waals surface area contributed by atoms with E-state index < -0.39 is 0 Å². The van der Waals surface area contributed by atoms with Crippen LogP contribution in [-0.2, 0) is 4.79 Å². The van der Waals surface area contributed by atoms with Crippen LogP contribution in [0, 0.1) is 0 Å². The fraction of sp³-hybridized carbons (Fsp3) is 0.400. The average Bonchev–Trinajstić information content (AvgIpc) is 2.43. The molecule has 0 spiro atoms. The Labute approximate surface area is 62.5 Å². The molecule has 1 heterocycles. The summed E-state index contributed by atoms with van der Waals surface area (Å²) >= 11 is 1.32. The first-order chi connectivity index (χ1) is 4.88. The van der Waals surface area contributed by atoms with Crippen molar-refractivity contribution in [2.24, 2.45) is 0 Å². The van der Waals surface area contributed by atoms with Crippen LogP contribution in [0.5, 0.6) is 0 Å². The van der Waals surface area contributed by atoms with Crippen LogP contribution < -0.4 is 4.90 Å². The minimum absolute atomic E-state index is 0.582. The molecule has 0 atom stereocenters. The highest BCUT2D eigenvalue weighted by Gasteiger charge is 2.05. The zero-order valence-electron chi connectivity index (χ0n) is 5.44. The minimum atomic E-state index is 0.582. The Bertz CT molecular complexity index is 199. The number of carbonyl (C=O) groups excluding carboxylic acids is 1. The molecule has 1 aromatic rings. The van der Waals surface area contributed by atoms with E-state index in [9.17, 15) is 4.79 Å². The first kappa shape index (κ1) is 7.14. The van der Waals surface area contributed by atoms with Crippen LogP contribution >= 0.6 is 11.3 Å². The number of anilines is 1. The lowest BCUT2D eigenvalue weighted by Crippen LogP contribution is -2.19. The third-order valence-corrected chi connectivity index (χ3v) is 1.72. The summed E-state index contributed by atoms with van der Waals surface area (Å²) in [6.45, 7) is 2.44. The molecule has 0 aliphatic heterocycles. The summed E-state index contributed by atoms with van der Waals surface area (Å²) in [6, 6.07) is 0. The van der Waals surface area contributed by atoms with Gasteiger partial charge >= 0.3 is 6.41 Å². The van der Waals surface area contributed by atoms with Gasteiger partial charge in [0.2, 0.25) is 5.13 Å². The molecule has 0 saturated carbocycles. The van der Waals surface area contributed by atoms with Gasteiger partial charge in [-0.25, -0.2) is 0 Å². The van der Waals surface area contributed by atoms with Gasteiger partial charge in [0.25, 0.3) is 0 Å². The topological polar surface area (TPSA) is 46.1 Å². The van der Waals surface area contributed by atoms with Gasteiger partial charge in [0, 0.05) is 6.54 Å². The summed E-state index contributed by atoms with van der Waals surface area (Å²) in [6.07, 6.45) is 1.75. The van der Waals surface area contributed by atoms with Crippen molar-refractivity contribution >= 4 is 22.9 Å². The third-order valence-electron chi connectivity index (χ3n) is 1.01. The monoisotopic (exact) mass is 156 g/mol. The molecule has 0 aromatic carbocycles. The van der Waals surface area contributed by atoms with Crippen molar-refractivity contribution < 1.29 is 4.79 Å². The van der Waals surface area contributed by atoms with Crippen molar-refractivity contribution in [3.8, 4) is 0 Å². The van der Waals surface area contributed by atoms with E-state index in [1.54, 1.807) is 11.9 Å². The normalized spacial score (nSPS) is 9.30. The van der Waals surface area contributed by atoms with Crippen LogP contribution in [0.15, 0.2) is 5.51 Å². The molecule has 5 heteroatoms. The zero-order valence-corrected chi connectivity index (χ0v) is 6.26. The van der Waals surface area contributed by atoms with Gasteiger partial charge in [0.15, 0.2) is 0 Å². The SMILES string of the molecule is CCN([C]=O)c1nncs1.